The Labute approximate surface area is 183 Å². The molecule has 162 valence electrons. The number of carboxylic acid groups (broad SMARTS) is 1. The Morgan fingerprint density at radius 1 is 1.13 bits per heavy atom. The number of fused-ring (bicyclic) bond motifs is 1. The smallest absolute Gasteiger partial charge is 0.306 e. The van der Waals surface area contributed by atoms with Gasteiger partial charge in [0.2, 0.25) is 0 Å². The molecule has 0 saturated carbocycles. The largest absolute Gasteiger partial charge is 0.508 e. The molecule has 0 fully saturated rings. The van der Waals surface area contributed by atoms with E-state index in [4.69, 9.17) is 0 Å². The Bertz CT molecular complexity index is 879. The first-order valence-electron chi connectivity index (χ1n) is 10.7. The second kappa shape index (κ2) is 9.34. The van der Waals surface area contributed by atoms with Gasteiger partial charge in [0.15, 0.2) is 0 Å². The van der Waals surface area contributed by atoms with E-state index in [0.717, 1.165) is 29.9 Å². The lowest BCUT2D eigenvalue weighted by Crippen LogP contribution is -2.40. The average molecular weight is 429 g/mol. The molecular formula is C25H32O4S. The van der Waals surface area contributed by atoms with E-state index in [1.54, 1.807) is 36.9 Å². The zero-order chi connectivity index (χ0) is 21.9. The number of phenols is 2. The third-order valence-electron chi connectivity index (χ3n) is 6.70. The maximum absolute atomic E-state index is 11.2. The second-order valence-electron chi connectivity index (χ2n) is 8.79. The number of carboxylic acids is 1. The summed E-state index contributed by atoms with van der Waals surface area (Å²) >= 11 is 1.77. The average Bonchev–Trinajstić information content (AvgIpc) is 2.72. The second-order valence-corrected chi connectivity index (χ2v) is 9.81. The maximum Gasteiger partial charge on any atom is 0.306 e. The maximum atomic E-state index is 11.2. The first kappa shape index (κ1) is 22.5. The monoisotopic (exact) mass is 428 g/mol. The summed E-state index contributed by atoms with van der Waals surface area (Å²) in [5.41, 5.74) is 2.34. The van der Waals surface area contributed by atoms with Crippen molar-refractivity contribution >= 4 is 17.7 Å². The number of benzene rings is 2. The van der Waals surface area contributed by atoms with Crippen LogP contribution in [0.15, 0.2) is 47.4 Å². The zero-order valence-corrected chi connectivity index (χ0v) is 18.8. The van der Waals surface area contributed by atoms with E-state index >= 15 is 0 Å². The lowest BCUT2D eigenvalue weighted by atomic mass is 9.63. The molecule has 0 amide bonds. The summed E-state index contributed by atoms with van der Waals surface area (Å²) in [5.74, 6) is 1.04. The van der Waals surface area contributed by atoms with Crippen molar-refractivity contribution in [1.82, 2.24) is 0 Å². The zero-order valence-electron chi connectivity index (χ0n) is 18.0. The molecule has 4 atom stereocenters. The molecule has 1 aliphatic heterocycles. The van der Waals surface area contributed by atoms with Crippen LogP contribution in [0.1, 0.15) is 63.5 Å². The summed E-state index contributed by atoms with van der Waals surface area (Å²) in [6.07, 6.45) is 3.54. The third-order valence-corrected chi connectivity index (χ3v) is 8.11. The molecule has 5 heteroatoms. The molecule has 1 heterocycles. The molecule has 2 aromatic carbocycles. The first-order valence-corrected chi connectivity index (χ1v) is 11.7. The van der Waals surface area contributed by atoms with Gasteiger partial charge in [-0.05, 0) is 60.1 Å². The molecule has 2 aromatic rings. The summed E-state index contributed by atoms with van der Waals surface area (Å²) in [7, 11) is 0. The number of aliphatic carboxylic acids is 1. The van der Waals surface area contributed by atoms with Crippen LogP contribution in [0.3, 0.4) is 0 Å². The van der Waals surface area contributed by atoms with Gasteiger partial charge in [-0.2, -0.15) is 0 Å². The van der Waals surface area contributed by atoms with Crippen molar-refractivity contribution in [2.75, 3.05) is 5.75 Å². The highest BCUT2D eigenvalue weighted by Gasteiger charge is 2.44. The van der Waals surface area contributed by atoms with Crippen molar-refractivity contribution in [3.8, 4) is 11.5 Å². The minimum absolute atomic E-state index is 0.124. The lowest BCUT2D eigenvalue weighted by molar-refractivity contribution is -0.141. The fourth-order valence-corrected chi connectivity index (χ4v) is 6.23. The first-order chi connectivity index (χ1) is 14.3. The predicted octanol–water partition coefficient (Wildman–Crippen LogP) is 6.16. The van der Waals surface area contributed by atoms with Gasteiger partial charge in [0.05, 0.1) is 5.92 Å². The highest BCUT2D eigenvalue weighted by atomic mass is 32.2. The van der Waals surface area contributed by atoms with E-state index in [1.165, 1.54) is 11.1 Å². The van der Waals surface area contributed by atoms with Crippen LogP contribution in [0.25, 0.3) is 0 Å². The van der Waals surface area contributed by atoms with E-state index in [2.05, 4.69) is 19.9 Å². The van der Waals surface area contributed by atoms with Crippen molar-refractivity contribution in [3.63, 3.8) is 0 Å². The molecule has 0 aliphatic carbocycles. The van der Waals surface area contributed by atoms with Gasteiger partial charge in [-0.15, -0.1) is 11.8 Å². The molecule has 0 aromatic heterocycles. The van der Waals surface area contributed by atoms with E-state index in [1.807, 2.05) is 18.2 Å². The topological polar surface area (TPSA) is 77.8 Å². The molecule has 3 rings (SSSR count). The number of phenolic OH excluding ortho intramolecular Hbond substituents is 2. The molecule has 0 saturated heterocycles. The lowest BCUT2D eigenvalue weighted by Gasteiger charge is -2.46. The number of hydrogen-bond donors (Lipinski definition) is 3. The van der Waals surface area contributed by atoms with Crippen LogP contribution in [-0.2, 0) is 10.2 Å². The number of carbonyl (C=O) groups is 1. The Hall–Kier alpha value is -2.14. The number of hydrogen-bond acceptors (Lipinski definition) is 4. The number of thioether (sulfide) groups is 1. The summed E-state index contributed by atoms with van der Waals surface area (Å²) < 4.78 is 0. The van der Waals surface area contributed by atoms with Crippen molar-refractivity contribution in [2.45, 2.75) is 62.7 Å². The van der Waals surface area contributed by atoms with Crippen molar-refractivity contribution in [1.29, 1.82) is 0 Å². The van der Waals surface area contributed by atoms with Gasteiger partial charge in [-0.1, -0.05) is 51.8 Å². The van der Waals surface area contributed by atoms with Gasteiger partial charge < -0.3 is 15.3 Å². The third kappa shape index (κ3) is 4.61. The Morgan fingerprint density at radius 2 is 1.80 bits per heavy atom. The summed E-state index contributed by atoms with van der Waals surface area (Å²) in [6, 6.07) is 13.2. The minimum Gasteiger partial charge on any atom is -0.508 e. The highest BCUT2D eigenvalue weighted by molar-refractivity contribution is 7.99. The van der Waals surface area contributed by atoms with E-state index in [-0.39, 0.29) is 28.7 Å². The molecule has 1 aliphatic rings. The molecule has 0 bridgehead atoms. The van der Waals surface area contributed by atoms with Gasteiger partial charge in [-0.25, -0.2) is 0 Å². The van der Waals surface area contributed by atoms with Crippen LogP contribution in [-0.4, -0.2) is 27.0 Å². The predicted molar refractivity (Wildman–Crippen MR) is 121 cm³/mol. The van der Waals surface area contributed by atoms with Gasteiger partial charge in [0, 0.05) is 16.1 Å². The van der Waals surface area contributed by atoms with Crippen molar-refractivity contribution in [2.24, 2.45) is 11.8 Å². The van der Waals surface area contributed by atoms with Crippen LogP contribution in [0, 0.1) is 11.8 Å². The Morgan fingerprint density at radius 3 is 2.43 bits per heavy atom. The number of rotatable bonds is 8. The van der Waals surface area contributed by atoms with Gasteiger partial charge in [0.1, 0.15) is 11.5 Å². The molecule has 4 unspecified atom stereocenters. The van der Waals surface area contributed by atoms with E-state index < -0.39 is 5.97 Å². The standard InChI is InChI=1S/C25H32O4S/c1-4-17(7-5-6-16(2)24(28)29)23-21-13-12-20(27)14-22(21)30-15-25(23,3)18-8-10-19(26)11-9-18/h8-14,16-17,23,26-27H,4-7,15H2,1-3H3,(H,28,29). The Kier molecular flexibility index (Phi) is 7.02. The van der Waals surface area contributed by atoms with Crippen LogP contribution in [0.2, 0.25) is 0 Å². The van der Waals surface area contributed by atoms with Gasteiger partial charge >= 0.3 is 5.97 Å². The van der Waals surface area contributed by atoms with Crippen molar-refractivity contribution < 1.29 is 20.1 Å². The van der Waals surface area contributed by atoms with Crippen LogP contribution < -0.4 is 0 Å². The van der Waals surface area contributed by atoms with Crippen LogP contribution >= 0.6 is 11.8 Å². The van der Waals surface area contributed by atoms with E-state index in [0.29, 0.717) is 12.3 Å². The molecule has 30 heavy (non-hydrogen) atoms. The van der Waals surface area contributed by atoms with Gasteiger partial charge in [0.25, 0.3) is 0 Å². The minimum atomic E-state index is -0.730. The quantitative estimate of drug-likeness (QED) is 0.469. The molecular weight excluding hydrogens is 396 g/mol. The normalized spacial score (nSPS) is 22.8. The van der Waals surface area contributed by atoms with Crippen LogP contribution in [0.5, 0.6) is 11.5 Å². The summed E-state index contributed by atoms with van der Waals surface area (Å²) in [4.78, 5) is 12.3. The summed E-state index contributed by atoms with van der Waals surface area (Å²) in [6.45, 7) is 6.29. The molecule has 0 spiro atoms. The number of aromatic hydroxyl groups is 2. The fraction of sp³-hybridized carbons (Fsp3) is 0.480. The fourth-order valence-electron chi connectivity index (χ4n) is 4.86. The SMILES string of the molecule is CCC(CCCC(C)C(=O)O)C1c2ccc(O)cc2SCC1(C)c1ccc(O)cc1. The highest BCUT2D eigenvalue weighted by Crippen LogP contribution is 2.55. The summed E-state index contributed by atoms with van der Waals surface area (Å²) in [5, 5.41) is 29.0. The van der Waals surface area contributed by atoms with Crippen LogP contribution in [0.4, 0.5) is 0 Å². The van der Waals surface area contributed by atoms with Crippen molar-refractivity contribution in [3.05, 3.63) is 53.6 Å². The van der Waals surface area contributed by atoms with E-state index in [9.17, 15) is 20.1 Å². The molecule has 3 N–H and O–H groups in total. The molecule has 4 nitrogen and oxygen atoms in total. The van der Waals surface area contributed by atoms with Gasteiger partial charge in [-0.3, -0.25) is 4.79 Å². The molecule has 0 radical (unpaired) electrons. The Balaban J connectivity index is 1.97.